The molecule has 1 aliphatic rings. The molecule has 0 aromatic heterocycles. The molecular formula is C18H37NS. The molecule has 1 N–H and O–H groups in total. The molecule has 0 aliphatic carbocycles. The second-order valence-corrected chi connectivity index (χ2v) is 7.60. The maximum atomic E-state index is 3.82. The molecule has 20 heavy (non-hydrogen) atoms. The van der Waals surface area contributed by atoms with Gasteiger partial charge in [0.05, 0.1) is 0 Å². The Hall–Kier alpha value is 0.310. The van der Waals surface area contributed by atoms with E-state index in [2.05, 4.69) is 30.9 Å². The van der Waals surface area contributed by atoms with Crippen molar-refractivity contribution in [2.75, 3.05) is 18.1 Å². The molecule has 0 bridgehead atoms. The highest BCUT2D eigenvalue weighted by atomic mass is 32.2. The number of rotatable bonds is 13. The molecule has 1 nitrogen and oxygen atoms in total. The van der Waals surface area contributed by atoms with Gasteiger partial charge in [-0.1, -0.05) is 65.2 Å². The number of unbranched alkanes of at least 4 members (excludes halogenated alkanes) is 7. The van der Waals surface area contributed by atoms with Crippen molar-refractivity contribution in [1.29, 1.82) is 0 Å². The summed E-state index contributed by atoms with van der Waals surface area (Å²) in [6.07, 6.45) is 15.7. The van der Waals surface area contributed by atoms with Crippen LogP contribution in [0.3, 0.4) is 0 Å². The van der Waals surface area contributed by atoms with Crippen molar-refractivity contribution in [1.82, 2.24) is 5.32 Å². The third kappa shape index (κ3) is 8.56. The van der Waals surface area contributed by atoms with Gasteiger partial charge in [0, 0.05) is 6.04 Å². The molecule has 2 heteroatoms. The molecule has 120 valence electrons. The van der Waals surface area contributed by atoms with Crippen LogP contribution in [-0.4, -0.2) is 24.1 Å². The highest BCUT2D eigenvalue weighted by Crippen LogP contribution is 2.28. The topological polar surface area (TPSA) is 12.0 Å². The van der Waals surface area contributed by atoms with Crippen LogP contribution < -0.4 is 5.32 Å². The smallest absolute Gasteiger partial charge is 0.0103 e. The fraction of sp³-hybridized carbons (Fsp3) is 1.00. The average molecular weight is 300 g/mol. The quantitative estimate of drug-likeness (QED) is 0.442. The standard InChI is InChI=1S/C18H37NS/c1-3-5-6-7-8-9-10-11-12-18(19-14-4-2)17-13-15-20-16-17/h17-19H,3-16H2,1-2H3. The zero-order valence-electron chi connectivity index (χ0n) is 14.0. The Morgan fingerprint density at radius 2 is 1.65 bits per heavy atom. The van der Waals surface area contributed by atoms with E-state index in [4.69, 9.17) is 0 Å². The van der Waals surface area contributed by atoms with Crippen LogP contribution >= 0.6 is 11.8 Å². The van der Waals surface area contributed by atoms with E-state index in [1.807, 2.05) is 0 Å². The van der Waals surface area contributed by atoms with Crippen LogP contribution in [-0.2, 0) is 0 Å². The zero-order chi connectivity index (χ0) is 14.5. The molecule has 2 unspecified atom stereocenters. The van der Waals surface area contributed by atoms with E-state index < -0.39 is 0 Å². The van der Waals surface area contributed by atoms with Gasteiger partial charge in [-0.3, -0.25) is 0 Å². The second-order valence-electron chi connectivity index (χ2n) is 6.45. The summed E-state index contributed by atoms with van der Waals surface area (Å²) in [5, 5.41) is 3.82. The first-order valence-electron chi connectivity index (χ1n) is 9.19. The van der Waals surface area contributed by atoms with E-state index in [0.717, 1.165) is 12.0 Å². The molecule has 0 radical (unpaired) electrons. The van der Waals surface area contributed by atoms with Crippen LogP contribution in [0, 0.1) is 5.92 Å². The molecule has 0 saturated carbocycles. The first kappa shape index (κ1) is 18.4. The Bertz CT molecular complexity index is 202. The number of hydrogen-bond donors (Lipinski definition) is 1. The summed E-state index contributed by atoms with van der Waals surface area (Å²) in [5.74, 6) is 3.75. The fourth-order valence-electron chi connectivity index (χ4n) is 3.20. The first-order chi connectivity index (χ1) is 9.88. The van der Waals surface area contributed by atoms with Crippen molar-refractivity contribution in [3.05, 3.63) is 0 Å². The highest BCUT2D eigenvalue weighted by Gasteiger charge is 2.24. The number of thioether (sulfide) groups is 1. The van der Waals surface area contributed by atoms with Crippen molar-refractivity contribution < 1.29 is 0 Å². The van der Waals surface area contributed by atoms with Crippen molar-refractivity contribution in [2.45, 2.75) is 90.5 Å². The maximum Gasteiger partial charge on any atom is 0.0103 e. The molecule has 1 rings (SSSR count). The summed E-state index contributed by atoms with van der Waals surface area (Å²) < 4.78 is 0. The van der Waals surface area contributed by atoms with Gasteiger partial charge in [-0.25, -0.2) is 0 Å². The molecule has 1 aliphatic heterocycles. The van der Waals surface area contributed by atoms with Gasteiger partial charge in [0.25, 0.3) is 0 Å². The summed E-state index contributed by atoms with van der Waals surface area (Å²) >= 11 is 2.16. The van der Waals surface area contributed by atoms with Crippen LogP contribution in [0.25, 0.3) is 0 Å². The molecule has 0 aromatic rings. The predicted molar refractivity (Wildman–Crippen MR) is 94.7 cm³/mol. The van der Waals surface area contributed by atoms with E-state index in [9.17, 15) is 0 Å². The summed E-state index contributed by atoms with van der Waals surface area (Å²) in [6.45, 7) is 5.79. The van der Waals surface area contributed by atoms with Gasteiger partial charge >= 0.3 is 0 Å². The lowest BCUT2D eigenvalue weighted by Gasteiger charge is -2.24. The molecule has 1 saturated heterocycles. The van der Waals surface area contributed by atoms with Crippen LogP contribution in [0.5, 0.6) is 0 Å². The lowest BCUT2D eigenvalue weighted by atomic mass is 9.93. The molecule has 0 amide bonds. The number of nitrogens with one attached hydrogen (secondary N) is 1. The fourth-order valence-corrected chi connectivity index (χ4v) is 4.54. The highest BCUT2D eigenvalue weighted by molar-refractivity contribution is 7.99. The van der Waals surface area contributed by atoms with E-state index >= 15 is 0 Å². The van der Waals surface area contributed by atoms with E-state index in [-0.39, 0.29) is 0 Å². The minimum absolute atomic E-state index is 0.810. The van der Waals surface area contributed by atoms with Gasteiger partial charge in [0.1, 0.15) is 0 Å². The Morgan fingerprint density at radius 1 is 0.950 bits per heavy atom. The second kappa shape index (κ2) is 13.0. The van der Waals surface area contributed by atoms with Gasteiger partial charge in [-0.2, -0.15) is 11.8 Å². The van der Waals surface area contributed by atoms with Gasteiger partial charge in [-0.15, -0.1) is 0 Å². The summed E-state index contributed by atoms with van der Waals surface area (Å²) in [4.78, 5) is 0. The van der Waals surface area contributed by atoms with Crippen molar-refractivity contribution in [3.8, 4) is 0 Å². The Labute approximate surface area is 132 Å². The Morgan fingerprint density at radius 3 is 2.25 bits per heavy atom. The molecule has 2 atom stereocenters. The molecular weight excluding hydrogens is 262 g/mol. The average Bonchev–Trinajstić information content (AvgIpc) is 2.99. The SMILES string of the molecule is CCCCCCCCCCC(NCCC)C1CCSC1. The first-order valence-corrected chi connectivity index (χ1v) is 10.3. The van der Waals surface area contributed by atoms with Crippen molar-refractivity contribution in [3.63, 3.8) is 0 Å². The molecule has 1 heterocycles. The lowest BCUT2D eigenvalue weighted by Crippen LogP contribution is -2.36. The lowest BCUT2D eigenvalue weighted by molar-refractivity contribution is 0.350. The largest absolute Gasteiger partial charge is 0.314 e. The zero-order valence-corrected chi connectivity index (χ0v) is 14.8. The minimum atomic E-state index is 0.810. The van der Waals surface area contributed by atoms with Crippen molar-refractivity contribution >= 4 is 11.8 Å². The predicted octanol–water partition coefficient (Wildman–Crippen LogP) is 5.64. The number of hydrogen-bond acceptors (Lipinski definition) is 2. The van der Waals surface area contributed by atoms with Gasteiger partial charge in [0.2, 0.25) is 0 Å². The van der Waals surface area contributed by atoms with Gasteiger partial charge in [0.15, 0.2) is 0 Å². The Kier molecular flexibility index (Phi) is 11.9. The van der Waals surface area contributed by atoms with Crippen LogP contribution in [0.4, 0.5) is 0 Å². The summed E-state index contributed by atoms with van der Waals surface area (Å²) in [6, 6.07) is 0.810. The summed E-state index contributed by atoms with van der Waals surface area (Å²) in [7, 11) is 0. The normalized spacial score (nSPS) is 20.4. The van der Waals surface area contributed by atoms with Crippen LogP contribution in [0.2, 0.25) is 0 Å². The van der Waals surface area contributed by atoms with E-state index in [1.165, 1.54) is 88.7 Å². The van der Waals surface area contributed by atoms with Crippen LogP contribution in [0.1, 0.15) is 84.5 Å². The van der Waals surface area contributed by atoms with Gasteiger partial charge in [-0.05, 0) is 43.2 Å². The molecule has 1 fully saturated rings. The third-order valence-electron chi connectivity index (χ3n) is 4.56. The van der Waals surface area contributed by atoms with Crippen molar-refractivity contribution in [2.24, 2.45) is 5.92 Å². The maximum absolute atomic E-state index is 3.82. The van der Waals surface area contributed by atoms with Gasteiger partial charge < -0.3 is 5.32 Å². The van der Waals surface area contributed by atoms with E-state index in [0.29, 0.717) is 0 Å². The monoisotopic (exact) mass is 299 g/mol. The molecule has 0 aromatic carbocycles. The molecule has 0 spiro atoms. The third-order valence-corrected chi connectivity index (χ3v) is 5.75. The Balaban J connectivity index is 2.02. The minimum Gasteiger partial charge on any atom is -0.314 e. The van der Waals surface area contributed by atoms with E-state index in [1.54, 1.807) is 0 Å². The summed E-state index contributed by atoms with van der Waals surface area (Å²) in [5.41, 5.74) is 0. The van der Waals surface area contributed by atoms with Crippen LogP contribution in [0.15, 0.2) is 0 Å².